The number of hydrogen-bond acceptors (Lipinski definition) is 6. The zero-order valence-corrected chi connectivity index (χ0v) is 15.1. The van der Waals surface area contributed by atoms with E-state index < -0.39 is 45.9 Å². The molecule has 2 saturated heterocycles. The molecule has 1 aromatic carbocycles. The third-order valence-corrected chi connectivity index (χ3v) is 7.29. The van der Waals surface area contributed by atoms with Crippen molar-refractivity contribution in [3.8, 4) is 0 Å². The Kier molecular flexibility index (Phi) is 5.24. The van der Waals surface area contributed by atoms with Crippen LogP contribution in [-0.4, -0.2) is 76.1 Å². The van der Waals surface area contributed by atoms with Crippen molar-refractivity contribution in [2.24, 2.45) is 0 Å². The predicted molar refractivity (Wildman–Crippen MR) is 90.3 cm³/mol. The maximum Gasteiger partial charge on any atom is 0.327 e. The van der Waals surface area contributed by atoms with Gasteiger partial charge in [-0.3, -0.25) is 4.79 Å². The number of rotatable bonds is 4. The summed E-state index contributed by atoms with van der Waals surface area (Å²) in [6, 6.07) is 1.94. The Morgan fingerprint density at radius 3 is 2.46 bits per heavy atom. The van der Waals surface area contributed by atoms with Gasteiger partial charge in [-0.2, -0.15) is 4.31 Å². The largest absolute Gasteiger partial charge is 0.480 e. The zero-order chi connectivity index (χ0) is 19.1. The second-order valence-electron chi connectivity index (χ2n) is 6.10. The van der Waals surface area contributed by atoms with Crippen LogP contribution in [-0.2, 0) is 19.6 Å². The number of benzene rings is 1. The van der Waals surface area contributed by atoms with E-state index in [1.807, 2.05) is 0 Å². The summed E-state index contributed by atoms with van der Waals surface area (Å²) in [4.78, 5) is 25.1. The lowest BCUT2D eigenvalue weighted by molar-refractivity contribution is -0.149. The Morgan fingerprint density at radius 2 is 1.85 bits per heavy atom. The fourth-order valence-corrected chi connectivity index (χ4v) is 5.86. The maximum atomic E-state index is 13.1. The van der Waals surface area contributed by atoms with Crippen LogP contribution in [0.5, 0.6) is 0 Å². The first kappa shape index (κ1) is 19.1. The van der Waals surface area contributed by atoms with Crippen molar-refractivity contribution in [2.45, 2.75) is 29.5 Å². The maximum absolute atomic E-state index is 13.1. The molecule has 2 aliphatic rings. The second kappa shape index (κ2) is 7.14. The number of sulfonamides is 1. The van der Waals surface area contributed by atoms with E-state index in [1.54, 1.807) is 0 Å². The quantitative estimate of drug-likeness (QED) is 0.722. The van der Waals surface area contributed by atoms with Crippen LogP contribution in [0.2, 0.25) is 0 Å². The van der Waals surface area contributed by atoms with Gasteiger partial charge in [-0.1, -0.05) is 0 Å². The average Bonchev–Trinajstić information content (AvgIpc) is 3.21. The third kappa shape index (κ3) is 3.43. The van der Waals surface area contributed by atoms with Gasteiger partial charge in [0.25, 0.3) is 0 Å². The Balaban J connectivity index is 1.90. The summed E-state index contributed by atoms with van der Waals surface area (Å²) in [5.41, 5.74) is 0. The zero-order valence-electron chi connectivity index (χ0n) is 13.5. The van der Waals surface area contributed by atoms with Crippen LogP contribution in [0.3, 0.4) is 0 Å². The number of aliphatic carboxylic acids is 1. The van der Waals surface area contributed by atoms with Crippen molar-refractivity contribution in [2.75, 3.05) is 18.2 Å². The molecule has 26 heavy (non-hydrogen) atoms. The van der Waals surface area contributed by atoms with Gasteiger partial charge in [0.15, 0.2) is 0 Å². The molecule has 2 fully saturated rings. The minimum atomic E-state index is -4.14. The number of amides is 1. The Morgan fingerprint density at radius 1 is 1.19 bits per heavy atom. The van der Waals surface area contributed by atoms with E-state index in [-0.39, 0.29) is 29.5 Å². The van der Waals surface area contributed by atoms with Crippen molar-refractivity contribution in [3.05, 3.63) is 30.1 Å². The van der Waals surface area contributed by atoms with Gasteiger partial charge in [-0.05, 0) is 24.3 Å². The van der Waals surface area contributed by atoms with Crippen molar-refractivity contribution < 1.29 is 32.6 Å². The first-order chi connectivity index (χ1) is 12.2. The number of aliphatic hydroxyl groups excluding tert-OH is 1. The monoisotopic (exact) mass is 404 g/mol. The predicted octanol–water partition coefficient (Wildman–Crippen LogP) is -0.0643. The molecule has 3 rings (SSSR count). The summed E-state index contributed by atoms with van der Waals surface area (Å²) < 4.78 is 39.6. The molecule has 2 N–H and O–H groups in total. The molecule has 8 nitrogen and oxygen atoms in total. The highest BCUT2D eigenvalue weighted by atomic mass is 32.2. The minimum absolute atomic E-state index is 0.118. The average molecular weight is 404 g/mol. The lowest BCUT2D eigenvalue weighted by Crippen LogP contribution is -2.51. The normalized spacial score (nSPS) is 27.0. The molecule has 2 aliphatic heterocycles. The van der Waals surface area contributed by atoms with Gasteiger partial charge >= 0.3 is 5.97 Å². The minimum Gasteiger partial charge on any atom is -0.480 e. The molecule has 3 atom stereocenters. The SMILES string of the molecule is O=C(O)[C@@H]1CSCN1C(=O)[C@H]1C[C@@H](O)CN1S(=O)(=O)c1ccc(F)cc1. The number of carboxylic acids is 1. The van der Waals surface area contributed by atoms with Gasteiger partial charge in [-0.15, -0.1) is 11.8 Å². The van der Waals surface area contributed by atoms with E-state index in [1.165, 1.54) is 11.8 Å². The molecule has 11 heteroatoms. The number of carboxylic acid groups (broad SMARTS) is 1. The molecule has 0 bridgehead atoms. The van der Waals surface area contributed by atoms with Gasteiger partial charge in [0.2, 0.25) is 15.9 Å². The van der Waals surface area contributed by atoms with Gasteiger partial charge in [0, 0.05) is 18.7 Å². The molecule has 142 valence electrons. The van der Waals surface area contributed by atoms with Gasteiger partial charge < -0.3 is 15.1 Å². The molecule has 0 aromatic heterocycles. The number of carbonyl (C=O) groups excluding carboxylic acids is 1. The number of carbonyl (C=O) groups is 2. The molecule has 0 saturated carbocycles. The lowest BCUT2D eigenvalue weighted by Gasteiger charge is -2.28. The molecule has 1 amide bonds. The number of β-amino-alcohol motifs (C(OH)–C–C–N with tert-alkyl or cyclic N) is 1. The van der Waals surface area contributed by atoms with E-state index in [0.717, 1.165) is 33.5 Å². The molecule has 0 unspecified atom stereocenters. The summed E-state index contributed by atoms with van der Waals surface area (Å²) in [5.74, 6) is -2.04. The van der Waals surface area contributed by atoms with Crippen molar-refractivity contribution in [1.29, 1.82) is 0 Å². The molecule has 0 aliphatic carbocycles. The number of hydrogen-bond donors (Lipinski definition) is 2. The fraction of sp³-hybridized carbons (Fsp3) is 0.467. The van der Waals surface area contributed by atoms with Crippen LogP contribution in [0.4, 0.5) is 4.39 Å². The van der Waals surface area contributed by atoms with E-state index in [0.29, 0.717) is 0 Å². The van der Waals surface area contributed by atoms with E-state index >= 15 is 0 Å². The summed E-state index contributed by atoms with van der Waals surface area (Å²) >= 11 is 1.27. The summed E-state index contributed by atoms with van der Waals surface area (Å²) in [5, 5.41) is 19.2. The smallest absolute Gasteiger partial charge is 0.327 e. The van der Waals surface area contributed by atoms with Crippen molar-refractivity contribution in [3.63, 3.8) is 0 Å². The third-order valence-electron chi connectivity index (χ3n) is 4.39. The second-order valence-corrected chi connectivity index (χ2v) is 8.99. The van der Waals surface area contributed by atoms with E-state index in [9.17, 15) is 32.6 Å². The molecule has 0 spiro atoms. The number of nitrogens with zero attached hydrogens (tertiary/aromatic N) is 2. The van der Waals surface area contributed by atoms with Crippen LogP contribution in [0, 0.1) is 5.82 Å². The van der Waals surface area contributed by atoms with Gasteiger partial charge in [-0.25, -0.2) is 17.6 Å². The summed E-state index contributed by atoms with van der Waals surface area (Å²) in [6.45, 7) is -0.283. The summed E-state index contributed by atoms with van der Waals surface area (Å²) in [7, 11) is -4.14. The molecule has 1 aromatic rings. The standard InChI is InChI=1S/C15H17FN2O6S2/c16-9-1-3-11(4-2-9)26(23,24)18-6-10(19)5-12(18)14(20)17-8-25-7-13(17)15(21)22/h1-4,10,12-13,19H,5-8H2,(H,21,22)/t10-,12-,13+/m1/s1. The van der Waals surface area contributed by atoms with E-state index in [4.69, 9.17) is 0 Å². The lowest BCUT2D eigenvalue weighted by atomic mass is 10.1. The highest BCUT2D eigenvalue weighted by Gasteiger charge is 2.47. The van der Waals surface area contributed by atoms with Gasteiger partial charge in [0.1, 0.15) is 17.9 Å². The van der Waals surface area contributed by atoms with Crippen molar-refractivity contribution in [1.82, 2.24) is 9.21 Å². The topological polar surface area (TPSA) is 115 Å². The van der Waals surface area contributed by atoms with Crippen LogP contribution >= 0.6 is 11.8 Å². The number of aliphatic hydroxyl groups is 1. The fourth-order valence-electron chi connectivity index (χ4n) is 3.07. The molecule has 2 heterocycles. The molecular weight excluding hydrogens is 387 g/mol. The van der Waals surface area contributed by atoms with Gasteiger partial charge in [0.05, 0.1) is 16.9 Å². The summed E-state index contributed by atoms with van der Waals surface area (Å²) in [6.07, 6.45) is -1.16. The Bertz CT molecular complexity index is 816. The van der Waals surface area contributed by atoms with Crippen LogP contribution < -0.4 is 0 Å². The number of halogens is 1. The highest BCUT2D eigenvalue weighted by Crippen LogP contribution is 2.30. The van der Waals surface area contributed by atoms with Crippen LogP contribution in [0.1, 0.15) is 6.42 Å². The first-order valence-corrected chi connectivity index (χ1v) is 10.4. The highest BCUT2D eigenvalue weighted by molar-refractivity contribution is 7.99. The molecule has 0 radical (unpaired) electrons. The molecular formula is C15H17FN2O6S2. The van der Waals surface area contributed by atoms with E-state index in [2.05, 4.69) is 0 Å². The Hall–Kier alpha value is -1.69. The van der Waals surface area contributed by atoms with Crippen molar-refractivity contribution >= 4 is 33.7 Å². The van der Waals surface area contributed by atoms with Crippen LogP contribution in [0.15, 0.2) is 29.2 Å². The first-order valence-electron chi connectivity index (χ1n) is 7.78. The Labute approximate surface area is 153 Å². The number of thioether (sulfide) groups is 1. The van der Waals surface area contributed by atoms with Crippen LogP contribution in [0.25, 0.3) is 0 Å².